The second-order valence-electron chi connectivity index (χ2n) is 7.70. The van der Waals surface area contributed by atoms with E-state index in [1.165, 1.54) is 20.9 Å². The van der Waals surface area contributed by atoms with Gasteiger partial charge in [-0.15, -0.1) is 0 Å². The molecule has 0 bridgehead atoms. The fourth-order valence-electron chi connectivity index (χ4n) is 3.34. The van der Waals surface area contributed by atoms with Crippen LogP contribution >= 0.6 is 27.7 Å². The van der Waals surface area contributed by atoms with Gasteiger partial charge in [-0.25, -0.2) is 0 Å². The van der Waals surface area contributed by atoms with E-state index in [0.29, 0.717) is 13.2 Å². The highest BCUT2D eigenvalue weighted by atomic mass is 79.9. The minimum absolute atomic E-state index is 0.535. The van der Waals surface area contributed by atoms with Crippen molar-refractivity contribution in [2.45, 2.75) is 21.7 Å². The third kappa shape index (κ3) is 5.73. The molecule has 3 nitrogen and oxygen atoms in total. The molecule has 1 aliphatic rings. The van der Waals surface area contributed by atoms with Crippen molar-refractivity contribution < 1.29 is 9.47 Å². The molecule has 0 saturated carbocycles. The molecule has 0 N–H and O–H groups in total. The Hall–Kier alpha value is -2.21. The Morgan fingerprint density at radius 1 is 0.871 bits per heavy atom. The maximum atomic E-state index is 6.25. The number of hydrogen-bond donors (Lipinski definition) is 0. The third-order valence-electron chi connectivity index (χ3n) is 4.99. The molecule has 160 valence electrons. The van der Waals surface area contributed by atoms with Crippen molar-refractivity contribution in [2.24, 2.45) is 0 Å². The zero-order valence-electron chi connectivity index (χ0n) is 17.8. The van der Waals surface area contributed by atoms with Gasteiger partial charge in [0.1, 0.15) is 24.7 Å². The van der Waals surface area contributed by atoms with Gasteiger partial charge < -0.3 is 14.4 Å². The van der Waals surface area contributed by atoms with Crippen molar-refractivity contribution in [1.29, 1.82) is 0 Å². The van der Waals surface area contributed by atoms with Gasteiger partial charge in [0.25, 0.3) is 0 Å². The molecule has 1 heterocycles. The molecular weight excluding hydrogens is 470 g/mol. The lowest BCUT2D eigenvalue weighted by atomic mass is 10.1. The van der Waals surface area contributed by atoms with Crippen LogP contribution in [0, 0.1) is 0 Å². The van der Waals surface area contributed by atoms with Crippen molar-refractivity contribution in [1.82, 2.24) is 4.90 Å². The number of alkyl halides is 1. The second-order valence-corrected chi connectivity index (χ2v) is 9.34. The van der Waals surface area contributed by atoms with Gasteiger partial charge in [0.2, 0.25) is 0 Å². The van der Waals surface area contributed by atoms with Gasteiger partial charge in [-0.3, -0.25) is 0 Å². The summed E-state index contributed by atoms with van der Waals surface area (Å²) in [6, 6.07) is 23.2. The SMILES string of the molecule is CN(C)CCOC1=Cc2ccccc2Sc2ccc(OCc3cccc(CBr)c3)cc21. The maximum absolute atomic E-state index is 6.25. The van der Waals surface area contributed by atoms with Crippen LogP contribution in [-0.4, -0.2) is 32.1 Å². The predicted octanol–water partition coefficient (Wildman–Crippen LogP) is 6.70. The Kier molecular flexibility index (Phi) is 7.38. The van der Waals surface area contributed by atoms with E-state index in [1.54, 1.807) is 11.8 Å². The number of likely N-dealkylation sites (N-methyl/N-ethyl adjacent to an activating group) is 1. The summed E-state index contributed by atoms with van der Waals surface area (Å²) < 4.78 is 12.4. The van der Waals surface area contributed by atoms with Crippen molar-refractivity contribution in [3.8, 4) is 5.75 Å². The summed E-state index contributed by atoms with van der Waals surface area (Å²) in [5.74, 6) is 1.73. The summed E-state index contributed by atoms with van der Waals surface area (Å²) >= 11 is 5.29. The van der Waals surface area contributed by atoms with Crippen LogP contribution in [0.4, 0.5) is 0 Å². The van der Waals surface area contributed by atoms with Crippen LogP contribution in [0.25, 0.3) is 11.8 Å². The standard InChI is InChI=1S/C26H26BrNO2S/c1-28(2)12-13-29-24-15-21-8-3-4-9-25(21)31-26-11-10-22(16-23(24)26)30-18-20-7-5-6-19(14-20)17-27/h3-11,14-16H,12-13,17-18H2,1-2H3. The van der Waals surface area contributed by atoms with E-state index >= 15 is 0 Å². The molecule has 3 aromatic carbocycles. The lowest BCUT2D eigenvalue weighted by Gasteiger charge is -2.16. The Labute approximate surface area is 197 Å². The van der Waals surface area contributed by atoms with Crippen molar-refractivity contribution in [2.75, 3.05) is 27.2 Å². The predicted molar refractivity (Wildman–Crippen MR) is 133 cm³/mol. The zero-order chi connectivity index (χ0) is 21.6. The molecule has 0 aliphatic carbocycles. The Morgan fingerprint density at radius 3 is 2.55 bits per heavy atom. The van der Waals surface area contributed by atoms with E-state index in [4.69, 9.17) is 9.47 Å². The normalized spacial score (nSPS) is 12.6. The zero-order valence-corrected chi connectivity index (χ0v) is 20.2. The highest BCUT2D eigenvalue weighted by Crippen LogP contribution is 2.42. The molecule has 5 heteroatoms. The van der Waals surface area contributed by atoms with Gasteiger partial charge in [-0.2, -0.15) is 0 Å². The number of rotatable bonds is 8. The van der Waals surface area contributed by atoms with Gasteiger partial charge in [0, 0.05) is 27.2 Å². The van der Waals surface area contributed by atoms with E-state index < -0.39 is 0 Å². The number of fused-ring (bicyclic) bond motifs is 2. The maximum Gasteiger partial charge on any atom is 0.128 e. The van der Waals surface area contributed by atoms with E-state index in [9.17, 15) is 0 Å². The Morgan fingerprint density at radius 2 is 1.71 bits per heavy atom. The number of ether oxygens (including phenoxy) is 2. The van der Waals surface area contributed by atoms with Crippen molar-refractivity contribution in [3.63, 3.8) is 0 Å². The van der Waals surface area contributed by atoms with E-state index in [2.05, 4.69) is 102 Å². The highest BCUT2D eigenvalue weighted by Gasteiger charge is 2.18. The lowest BCUT2D eigenvalue weighted by Crippen LogP contribution is -2.17. The van der Waals surface area contributed by atoms with Crippen LogP contribution < -0.4 is 4.74 Å². The molecule has 0 radical (unpaired) electrons. The van der Waals surface area contributed by atoms with Crippen molar-refractivity contribution in [3.05, 3.63) is 89.0 Å². The highest BCUT2D eigenvalue weighted by molar-refractivity contribution is 9.08. The van der Waals surface area contributed by atoms with Gasteiger partial charge in [-0.05, 0) is 61.1 Å². The minimum Gasteiger partial charge on any atom is -0.492 e. The average molecular weight is 496 g/mol. The summed E-state index contributed by atoms with van der Waals surface area (Å²) in [7, 11) is 4.11. The van der Waals surface area contributed by atoms with Crippen molar-refractivity contribution >= 4 is 39.5 Å². The summed E-state index contributed by atoms with van der Waals surface area (Å²) in [5, 5.41) is 0.843. The average Bonchev–Trinajstić information content (AvgIpc) is 2.94. The molecule has 0 saturated heterocycles. The molecule has 31 heavy (non-hydrogen) atoms. The van der Waals surface area contributed by atoms with Crippen LogP contribution in [0.3, 0.4) is 0 Å². The summed E-state index contributed by atoms with van der Waals surface area (Å²) in [4.78, 5) is 4.53. The minimum atomic E-state index is 0.535. The number of hydrogen-bond acceptors (Lipinski definition) is 4. The molecule has 1 aliphatic heterocycles. The lowest BCUT2D eigenvalue weighted by molar-refractivity contribution is 0.233. The summed E-state index contributed by atoms with van der Waals surface area (Å²) in [6.45, 7) is 2.03. The summed E-state index contributed by atoms with van der Waals surface area (Å²) in [6.07, 6.45) is 2.15. The molecule has 0 spiro atoms. The van der Waals surface area contributed by atoms with Crippen LogP contribution in [-0.2, 0) is 16.7 Å². The molecule has 0 unspecified atom stereocenters. The van der Waals surface area contributed by atoms with E-state index in [-0.39, 0.29) is 0 Å². The van der Waals surface area contributed by atoms with Gasteiger partial charge >= 0.3 is 0 Å². The monoisotopic (exact) mass is 495 g/mol. The van der Waals surface area contributed by atoms with Gasteiger partial charge in [0.15, 0.2) is 0 Å². The van der Waals surface area contributed by atoms with Gasteiger partial charge in [0.05, 0.1) is 0 Å². The van der Waals surface area contributed by atoms with Crippen LogP contribution in [0.2, 0.25) is 0 Å². The molecule has 0 atom stereocenters. The first-order valence-corrected chi connectivity index (χ1v) is 12.2. The molecular formula is C26H26BrNO2S. The van der Waals surface area contributed by atoms with Crippen LogP contribution in [0.5, 0.6) is 5.75 Å². The Balaban J connectivity index is 1.60. The van der Waals surface area contributed by atoms with Crippen LogP contribution in [0.15, 0.2) is 76.5 Å². The van der Waals surface area contributed by atoms with E-state index in [1.807, 2.05) is 6.07 Å². The van der Waals surface area contributed by atoms with Crippen LogP contribution in [0.1, 0.15) is 22.3 Å². The molecule has 0 fully saturated rings. The molecule has 0 amide bonds. The number of halogens is 1. The molecule has 3 aromatic rings. The molecule has 0 aromatic heterocycles. The summed E-state index contributed by atoms with van der Waals surface area (Å²) in [5.41, 5.74) is 4.66. The number of nitrogens with zero attached hydrogens (tertiary/aromatic N) is 1. The van der Waals surface area contributed by atoms with Gasteiger partial charge in [-0.1, -0.05) is 70.2 Å². The third-order valence-corrected chi connectivity index (χ3v) is 6.80. The first kappa shape index (κ1) is 22.0. The van der Waals surface area contributed by atoms with E-state index in [0.717, 1.165) is 34.5 Å². The fourth-order valence-corrected chi connectivity index (χ4v) is 4.72. The largest absolute Gasteiger partial charge is 0.492 e. The Bertz CT molecular complexity index is 1080. The quantitative estimate of drug-likeness (QED) is 0.324. The topological polar surface area (TPSA) is 21.7 Å². The first-order valence-electron chi connectivity index (χ1n) is 10.3. The second kappa shape index (κ2) is 10.4. The smallest absolute Gasteiger partial charge is 0.128 e. The fraction of sp³-hybridized carbons (Fsp3) is 0.231. The molecule has 4 rings (SSSR count). The first-order chi connectivity index (χ1) is 15.1. The number of benzene rings is 3.